The fraction of sp³-hybridized carbons (Fsp3) is 0.400. The number of hydrogen-bond donors (Lipinski definition) is 3. The molecule has 0 aliphatic carbocycles. The van der Waals surface area contributed by atoms with Gasteiger partial charge in [0, 0.05) is 12.7 Å². The van der Waals surface area contributed by atoms with Gasteiger partial charge in [-0.3, -0.25) is 0 Å². The van der Waals surface area contributed by atoms with Gasteiger partial charge in [-0.2, -0.15) is 0 Å². The van der Waals surface area contributed by atoms with Crippen LogP contribution in [-0.4, -0.2) is 28.0 Å². The summed E-state index contributed by atoms with van der Waals surface area (Å²) in [5.74, 6) is -1.64. The molecule has 0 fully saturated rings. The average molecular weight is 218 g/mol. The minimum Gasteiger partial charge on any atom is -0.396 e. The fourth-order valence-electron chi connectivity index (χ4n) is 1.26. The number of aliphatic hydroxyl groups is 3. The van der Waals surface area contributed by atoms with Crippen LogP contribution in [0.3, 0.4) is 0 Å². The van der Waals surface area contributed by atoms with Crippen molar-refractivity contribution in [3.8, 4) is 0 Å². The molecular formula is C10H12F2O3. The summed E-state index contributed by atoms with van der Waals surface area (Å²) in [6.45, 7) is -0.309. The van der Waals surface area contributed by atoms with E-state index in [1.807, 2.05) is 0 Å². The molecule has 0 saturated heterocycles. The number of benzene rings is 1. The Hall–Kier alpha value is -1.04. The standard InChI is InChI=1S/C10H12F2O3/c11-7-3-6(4-8(12)5-7)10(15)9(14)1-2-13/h3-5,9-10,13-15H,1-2H2. The van der Waals surface area contributed by atoms with Crippen molar-refractivity contribution in [3.05, 3.63) is 35.4 Å². The number of aliphatic hydroxyl groups excluding tert-OH is 3. The topological polar surface area (TPSA) is 60.7 Å². The molecule has 0 spiro atoms. The van der Waals surface area contributed by atoms with Crippen molar-refractivity contribution in [2.45, 2.75) is 18.6 Å². The van der Waals surface area contributed by atoms with Crippen LogP contribution in [0.4, 0.5) is 8.78 Å². The maximum Gasteiger partial charge on any atom is 0.126 e. The van der Waals surface area contributed by atoms with E-state index in [2.05, 4.69) is 0 Å². The molecule has 0 radical (unpaired) electrons. The van der Waals surface area contributed by atoms with Crippen molar-refractivity contribution >= 4 is 0 Å². The summed E-state index contributed by atoms with van der Waals surface area (Å²) in [7, 11) is 0. The van der Waals surface area contributed by atoms with E-state index in [4.69, 9.17) is 5.11 Å². The van der Waals surface area contributed by atoms with Crippen LogP contribution >= 0.6 is 0 Å². The molecular weight excluding hydrogens is 206 g/mol. The van der Waals surface area contributed by atoms with E-state index < -0.39 is 23.8 Å². The Morgan fingerprint density at radius 3 is 2.07 bits per heavy atom. The quantitative estimate of drug-likeness (QED) is 0.698. The van der Waals surface area contributed by atoms with Gasteiger partial charge in [-0.05, 0) is 24.1 Å². The first-order valence-corrected chi connectivity index (χ1v) is 4.47. The van der Waals surface area contributed by atoms with Gasteiger partial charge in [0.2, 0.25) is 0 Å². The van der Waals surface area contributed by atoms with E-state index in [-0.39, 0.29) is 18.6 Å². The molecule has 0 heterocycles. The second-order valence-corrected chi connectivity index (χ2v) is 3.23. The highest BCUT2D eigenvalue weighted by molar-refractivity contribution is 5.20. The predicted octanol–water partition coefficient (Wildman–Crippen LogP) is 0.741. The molecule has 0 aliphatic rings. The minimum absolute atomic E-state index is 0.0477. The Labute approximate surface area is 85.6 Å². The highest BCUT2D eigenvalue weighted by Crippen LogP contribution is 2.20. The highest BCUT2D eigenvalue weighted by atomic mass is 19.1. The van der Waals surface area contributed by atoms with Crippen LogP contribution in [-0.2, 0) is 0 Å². The molecule has 3 nitrogen and oxygen atoms in total. The van der Waals surface area contributed by atoms with Gasteiger partial charge in [0.25, 0.3) is 0 Å². The van der Waals surface area contributed by atoms with Crippen LogP contribution in [0.1, 0.15) is 18.1 Å². The lowest BCUT2D eigenvalue weighted by molar-refractivity contribution is 0.00393. The van der Waals surface area contributed by atoms with Crippen LogP contribution in [0.5, 0.6) is 0 Å². The summed E-state index contributed by atoms with van der Waals surface area (Å²) < 4.78 is 25.5. The Morgan fingerprint density at radius 2 is 1.60 bits per heavy atom. The second kappa shape index (κ2) is 5.16. The highest BCUT2D eigenvalue weighted by Gasteiger charge is 2.19. The van der Waals surface area contributed by atoms with Gasteiger partial charge >= 0.3 is 0 Å². The first kappa shape index (κ1) is 12.0. The summed E-state index contributed by atoms with van der Waals surface area (Å²) in [5, 5.41) is 27.3. The fourth-order valence-corrected chi connectivity index (χ4v) is 1.26. The Balaban J connectivity index is 2.85. The summed E-state index contributed by atoms with van der Waals surface area (Å²) >= 11 is 0. The summed E-state index contributed by atoms with van der Waals surface area (Å²) in [6.07, 6.45) is -2.70. The first-order chi connectivity index (χ1) is 7.04. The van der Waals surface area contributed by atoms with Gasteiger partial charge in [-0.15, -0.1) is 0 Å². The van der Waals surface area contributed by atoms with E-state index in [0.29, 0.717) is 6.07 Å². The molecule has 1 rings (SSSR count). The molecule has 5 heteroatoms. The van der Waals surface area contributed by atoms with Crippen molar-refractivity contribution in [2.24, 2.45) is 0 Å². The van der Waals surface area contributed by atoms with Crippen molar-refractivity contribution in [1.29, 1.82) is 0 Å². The van der Waals surface area contributed by atoms with Gasteiger partial charge in [0.15, 0.2) is 0 Å². The average Bonchev–Trinajstić information content (AvgIpc) is 2.15. The van der Waals surface area contributed by atoms with Crippen LogP contribution < -0.4 is 0 Å². The second-order valence-electron chi connectivity index (χ2n) is 3.23. The van der Waals surface area contributed by atoms with E-state index in [1.165, 1.54) is 0 Å². The van der Waals surface area contributed by atoms with Gasteiger partial charge in [0.05, 0.1) is 6.10 Å². The van der Waals surface area contributed by atoms with Crippen LogP contribution in [0.2, 0.25) is 0 Å². The van der Waals surface area contributed by atoms with Gasteiger partial charge in [0.1, 0.15) is 17.7 Å². The largest absolute Gasteiger partial charge is 0.396 e. The molecule has 15 heavy (non-hydrogen) atoms. The zero-order valence-corrected chi connectivity index (χ0v) is 7.90. The third kappa shape index (κ3) is 3.23. The maximum absolute atomic E-state index is 12.8. The van der Waals surface area contributed by atoms with E-state index in [9.17, 15) is 19.0 Å². The monoisotopic (exact) mass is 218 g/mol. The third-order valence-electron chi connectivity index (χ3n) is 2.02. The number of halogens is 2. The van der Waals surface area contributed by atoms with Gasteiger partial charge < -0.3 is 15.3 Å². The maximum atomic E-state index is 12.8. The molecule has 0 bridgehead atoms. The molecule has 0 saturated carbocycles. The summed E-state index contributed by atoms with van der Waals surface area (Å²) in [6, 6.07) is 2.55. The normalized spacial score (nSPS) is 15.0. The van der Waals surface area contributed by atoms with Crippen LogP contribution in [0.15, 0.2) is 18.2 Å². The van der Waals surface area contributed by atoms with E-state index >= 15 is 0 Å². The molecule has 0 aliphatic heterocycles. The van der Waals surface area contributed by atoms with Crippen molar-refractivity contribution < 1.29 is 24.1 Å². The van der Waals surface area contributed by atoms with Crippen LogP contribution in [0, 0.1) is 11.6 Å². The number of rotatable bonds is 4. The zero-order valence-electron chi connectivity index (χ0n) is 7.90. The molecule has 0 amide bonds. The molecule has 3 N–H and O–H groups in total. The summed E-state index contributed by atoms with van der Waals surface area (Å²) in [4.78, 5) is 0. The van der Waals surface area contributed by atoms with Crippen molar-refractivity contribution in [1.82, 2.24) is 0 Å². The predicted molar refractivity (Wildman–Crippen MR) is 49.0 cm³/mol. The smallest absolute Gasteiger partial charge is 0.126 e. The Kier molecular flexibility index (Phi) is 4.14. The lowest BCUT2D eigenvalue weighted by Gasteiger charge is -2.17. The lowest BCUT2D eigenvalue weighted by atomic mass is 10.0. The van der Waals surface area contributed by atoms with Gasteiger partial charge in [-0.1, -0.05) is 0 Å². The van der Waals surface area contributed by atoms with Crippen LogP contribution in [0.25, 0.3) is 0 Å². The molecule has 1 aromatic carbocycles. The molecule has 2 atom stereocenters. The lowest BCUT2D eigenvalue weighted by Crippen LogP contribution is -2.19. The molecule has 2 unspecified atom stereocenters. The third-order valence-corrected chi connectivity index (χ3v) is 2.02. The zero-order chi connectivity index (χ0) is 11.4. The minimum atomic E-state index is -1.40. The molecule has 0 aromatic heterocycles. The Morgan fingerprint density at radius 1 is 1.07 bits per heavy atom. The first-order valence-electron chi connectivity index (χ1n) is 4.47. The Bertz CT molecular complexity index is 310. The van der Waals surface area contributed by atoms with Crippen molar-refractivity contribution in [2.75, 3.05) is 6.61 Å². The SMILES string of the molecule is OCCC(O)C(O)c1cc(F)cc(F)c1. The van der Waals surface area contributed by atoms with E-state index in [1.54, 1.807) is 0 Å². The molecule has 84 valence electrons. The van der Waals surface area contributed by atoms with Crippen molar-refractivity contribution in [3.63, 3.8) is 0 Å². The summed E-state index contributed by atoms with van der Waals surface area (Å²) in [5.41, 5.74) is -0.0477. The van der Waals surface area contributed by atoms with E-state index in [0.717, 1.165) is 12.1 Å². The molecule has 1 aromatic rings. The van der Waals surface area contributed by atoms with Gasteiger partial charge in [-0.25, -0.2) is 8.78 Å². The number of hydrogen-bond acceptors (Lipinski definition) is 3.